The first kappa shape index (κ1) is 13.5. The predicted octanol–water partition coefficient (Wildman–Crippen LogP) is 5.07. The Balaban J connectivity index is 2.63. The number of benzene rings is 2. The van der Waals surface area contributed by atoms with Gasteiger partial charge in [-0.3, -0.25) is 4.79 Å². The molecule has 0 spiro atoms. The monoisotopic (exact) mass is 252 g/mol. The molecule has 2 aromatic rings. The molecule has 1 heteroatoms. The molecular weight excluding hydrogens is 232 g/mol. The van der Waals surface area contributed by atoms with Gasteiger partial charge in [-0.15, -0.1) is 0 Å². The quantitative estimate of drug-likeness (QED) is 0.694. The maximum atomic E-state index is 12.1. The van der Waals surface area contributed by atoms with E-state index in [9.17, 15) is 4.79 Å². The maximum absolute atomic E-state index is 12.1. The Hall–Kier alpha value is -1.89. The van der Waals surface area contributed by atoms with E-state index in [1.165, 1.54) is 11.1 Å². The van der Waals surface area contributed by atoms with Crippen LogP contribution in [0.25, 0.3) is 11.1 Å². The van der Waals surface area contributed by atoms with Crippen LogP contribution in [0.5, 0.6) is 0 Å². The number of carbonyl (C=O) groups is 1. The highest BCUT2D eigenvalue weighted by Gasteiger charge is 2.14. The highest BCUT2D eigenvalue weighted by molar-refractivity contribution is 6.02. The molecule has 0 N–H and O–H groups in total. The molecular formula is C18H20O. The minimum absolute atomic E-state index is 0.203. The van der Waals surface area contributed by atoms with Crippen molar-refractivity contribution in [2.75, 3.05) is 0 Å². The van der Waals surface area contributed by atoms with E-state index in [0.29, 0.717) is 12.3 Å². The van der Waals surface area contributed by atoms with Gasteiger partial charge >= 0.3 is 0 Å². The summed E-state index contributed by atoms with van der Waals surface area (Å²) in [5.41, 5.74) is 4.35. The van der Waals surface area contributed by atoms with E-state index in [0.717, 1.165) is 11.1 Å². The molecule has 0 atom stereocenters. The van der Waals surface area contributed by atoms with Gasteiger partial charge in [-0.2, -0.15) is 0 Å². The summed E-state index contributed by atoms with van der Waals surface area (Å²) in [6.07, 6.45) is 0.543. The molecule has 0 bridgehead atoms. The minimum atomic E-state index is 0.203. The van der Waals surface area contributed by atoms with Gasteiger partial charge < -0.3 is 0 Å². The summed E-state index contributed by atoms with van der Waals surface area (Å²) in [4.78, 5) is 12.1. The van der Waals surface area contributed by atoms with Crippen LogP contribution >= 0.6 is 0 Å². The maximum Gasteiger partial charge on any atom is 0.163 e. The lowest BCUT2D eigenvalue weighted by Gasteiger charge is -2.15. The van der Waals surface area contributed by atoms with E-state index in [2.05, 4.69) is 32.0 Å². The van der Waals surface area contributed by atoms with Gasteiger partial charge in [0.25, 0.3) is 0 Å². The molecule has 0 unspecified atom stereocenters. The van der Waals surface area contributed by atoms with Crippen molar-refractivity contribution in [3.63, 3.8) is 0 Å². The fraction of sp³-hybridized carbons (Fsp3) is 0.278. The molecule has 0 amide bonds. The van der Waals surface area contributed by atoms with Crippen molar-refractivity contribution in [2.24, 2.45) is 0 Å². The zero-order valence-electron chi connectivity index (χ0n) is 11.8. The van der Waals surface area contributed by atoms with Crippen LogP contribution in [0.3, 0.4) is 0 Å². The minimum Gasteiger partial charge on any atom is -0.294 e. The number of rotatable bonds is 4. The van der Waals surface area contributed by atoms with Crippen LogP contribution in [0, 0.1) is 0 Å². The first-order chi connectivity index (χ1) is 9.15. The standard InChI is InChI=1S/C18H20O/c1-4-18(19)17-12-8-7-11-16(17)15-10-6-5-9-14(15)13(2)3/h5-13H,4H2,1-3H3. The van der Waals surface area contributed by atoms with Crippen molar-refractivity contribution >= 4 is 5.78 Å². The SMILES string of the molecule is CCC(=O)c1ccccc1-c1ccccc1C(C)C. The van der Waals surface area contributed by atoms with Crippen molar-refractivity contribution in [3.05, 3.63) is 59.7 Å². The molecule has 0 heterocycles. The third-order valence-electron chi connectivity index (χ3n) is 3.42. The van der Waals surface area contributed by atoms with E-state index in [-0.39, 0.29) is 5.78 Å². The highest BCUT2D eigenvalue weighted by atomic mass is 16.1. The number of Topliss-reactive ketones (excluding diaryl/α,β-unsaturated/α-hetero) is 1. The normalized spacial score (nSPS) is 10.7. The van der Waals surface area contributed by atoms with E-state index in [1.54, 1.807) is 0 Å². The molecule has 1 nitrogen and oxygen atoms in total. The Morgan fingerprint density at radius 1 is 0.947 bits per heavy atom. The Bertz CT molecular complexity index is 582. The number of hydrogen-bond acceptors (Lipinski definition) is 1. The summed E-state index contributed by atoms with van der Waals surface area (Å²) in [6, 6.07) is 16.3. The van der Waals surface area contributed by atoms with Crippen molar-refractivity contribution in [2.45, 2.75) is 33.1 Å². The zero-order chi connectivity index (χ0) is 13.8. The summed E-state index contributed by atoms with van der Waals surface area (Å²) >= 11 is 0. The summed E-state index contributed by atoms with van der Waals surface area (Å²) in [7, 11) is 0. The van der Waals surface area contributed by atoms with Crippen molar-refractivity contribution in [1.82, 2.24) is 0 Å². The molecule has 0 radical (unpaired) electrons. The smallest absolute Gasteiger partial charge is 0.163 e. The fourth-order valence-electron chi connectivity index (χ4n) is 2.40. The summed E-state index contributed by atoms with van der Waals surface area (Å²) < 4.78 is 0. The molecule has 0 aliphatic carbocycles. The number of hydrogen-bond donors (Lipinski definition) is 0. The van der Waals surface area contributed by atoms with E-state index >= 15 is 0 Å². The molecule has 2 aromatic carbocycles. The summed E-state index contributed by atoms with van der Waals surface area (Å²) in [5.74, 6) is 0.648. The van der Waals surface area contributed by atoms with Gasteiger partial charge in [0.05, 0.1) is 0 Å². The van der Waals surface area contributed by atoms with Gasteiger partial charge in [-0.05, 0) is 22.6 Å². The van der Waals surface area contributed by atoms with Crippen molar-refractivity contribution in [3.8, 4) is 11.1 Å². The van der Waals surface area contributed by atoms with Crippen molar-refractivity contribution < 1.29 is 4.79 Å². The van der Waals surface area contributed by atoms with Crippen LogP contribution in [0.15, 0.2) is 48.5 Å². The molecule has 98 valence electrons. The van der Waals surface area contributed by atoms with E-state index in [4.69, 9.17) is 0 Å². The van der Waals surface area contributed by atoms with Crippen LogP contribution in [-0.2, 0) is 0 Å². The molecule has 19 heavy (non-hydrogen) atoms. The second-order valence-corrected chi connectivity index (χ2v) is 5.06. The first-order valence-electron chi connectivity index (χ1n) is 6.86. The Kier molecular flexibility index (Phi) is 4.16. The molecule has 2 rings (SSSR count). The third-order valence-corrected chi connectivity index (χ3v) is 3.42. The second-order valence-electron chi connectivity index (χ2n) is 5.06. The molecule has 0 aliphatic rings. The molecule has 0 saturated carbocycles. The third kappa shape index (κ3) is 2.76. The Labute approximate surface area is 115 Å². The lowest BCUT2D eigenvalue weighted by atomic mass is 9.89. The van der Waals surface area contributed by atoms with E-state index < -0.39 is 0 Å². The highest BCUT2D eigenvalue weighted by Crippen LogP contribution is 2.31. The van der Waals surface area contributed by atoms with Crippen LogP contribution in [0.4, 0.5) is 0 Å². The Morgan fingerprint density at radius 2 is 1.53 bits per heavy atom. The topological polar surface area (TPSA) is 17.1 Å². The molecule has 0 fully saturated rings. The summed E-state index contributed by atoms with van der Waals surface area (Å²) in [5, 5.41) is 0. The lowest BCUT2D eigenvalue weighted by Crippen LogP contribution is -2.01. The van der Waals surface area contributed by atoms with Gasteiger partial charge in [-0.1, -0.05) is 69.3 Å². The Morgan fingerprint density at radius 3 is 2.16 bits per heavy atom. The van der Waals surface area contributed by atoms with Gasteiger partial charge in [0.15, 0.2) is 5.78 Å². The fourth-order valence-corrected chi connectivity index (χ4v) is 2.40. The van der Waals surface area contributed by atoms with Gasteiger partial charge in [0, 0.05) is 12.0 Å². The molecule has 0 saturated heterocycles. The lowest BCUT2D eigenvalue weighted by molar-refractivity contribution is 0.0989. The first-order valence-corrected chi connectivity index (χ1v) is 6.86. The van der Waals surface area contributed by atoms with E-state index in [1.807, 2.05) is 37.3 Å². The van der Waals surface area contributed by atoms with Crippen LogP contribution in [0.1, 0.15) is 49.0 Å². The van der Waals surface area contributed by atoms with Crippen molar-refractivity contribution in [1.29, 1.82) is 0 Å². The number of carbonyl (C=O) groups excluding carboxylic acids is 1. The van der Waals surface area contributed by atoms with Crippen LogP contribution in [0.2, 0.25) is 0 Å². The van der Waals surface area contributed by atoms with Gasteiger partial charge in [-0.25, -0.2) is 0 Å². The average molecular weight is 252 g/mol. The predicted molar refractivity (Wildman–Crippen MR) is 80.6 cm³/mol. The van der Waals surface area contributed by atoms with Gasteiger partial charge in [0.1, 0.15) is 0 Å². The van der Waals surface area contributed by atoms with Crippen LogP contribution in [-0.4, -0.2) is 5.78 Å². The zero-order valence-corrected chi connectivity index (χ0v) is 11.8. The average Bonchev–Trinajstić information content (AvgIpc) is 2.46. The van der Waals surface area contributed by atoms with Crippen LogP contribution < -0.4 is 0 Å². The largest absolute Gasteiger partial charge is 0.294 e. The van der Waals surface area contributed by atoms with Gasteiger partial charge in [0.2, 0.25) is 0 Å². The summed E-state index contributed by atoms with van der Waals surface area (Å²) in [6.45, 7) is 6.28. The molecule has 0 aliphatic heterocycles. The second kappa shape index (κ2) is 5.83. The molecule has 0 aromatic heterocycles. The number of ketones is 1.